The molecule has 0 fully saturated rings. The van der Waals surface area contributed by atoms with E-state index in [9.17, 15) is 4.39 Å². The first-order chi connectivity index (χ1) is 7.13. The van der Waals surface area contributed by atoms with Crippen molar-refractivity contribution >= 4 is 15.9 Å². The topological polar surface area (TPSA) is 21.3 Å². The second kappa shape index (κ2) is 5.88. The molecule has 2 nitrogen and oxygen atoms in total. The lowest BCUT2D eigenvalue weighted by Crippen LogP contribution is -2.14. The zero-order valence-corrected chi connectivity index (χ0v) is 10.1. The van der Waals surface area contributed by atoms with E-state index in [1.54, 1.807) is 6.07 Å². The summed E-state index contributed by atoms with van der Waals surface area (Å²) in [4.78, 5) is 0. The summed E-state index contributed by atoms with van der Waals surface area (Å²) in [7, 11) is 1.45. The predicted molar refractivity (Wildman–Crippen MR) is 62.7 cm³/mol. The average Bonchev–Trinajstić information content (AvgIpc) is 2.17. The molecule has 0 aliphatic carbocycles. The summed E-state index contributed by atoms with van der Waals surface area (Å²) in [5, 5.41) is 3.11. The Morgan fingerprint density at radius 3 is 2.87 bits per heavy atom. The monoisotopic (exact) mass is 273 g/mol. The van der Waals surface area contributed by atoms with Crippen LogP contribution < -0.4 is 10.1 Å². The van der Waals surface area contributed by atoms with Gasteiger partial charge in [-0.15, -0.1) is 0 Å². The fraction of sp³-hybridized carbons (Fsp3) is 0.273. The minimum Gasteiger partial charge on any atom is -0.494 e. The van der Waals surface area contributed by atoms with E-state index in [2.05, 4.69) is 27.8 Å². The predicted octanol–water partition coefficient (Wildman–Crippen LogP) is 2.83. The van der Waals surface area contributed by atoms with Crippen LogP contribution in [0.2, 0.25) is 0 Å². The number of hydrogen-bond donors (Lipinski definition) is 1. The lowest BCUT2D eigenvalue weighted by molar-refractivity contribution is 0.386. The molecular formula is C11H13BrFNO. The fourth-order valence-corrected chi connectivity index (χ4v) is 1.36. The molecule has 0 bridgehead atoms. The van der Waals surface area contributed by atoms with E-state index in [1.165, 1.54) is 13.2 Å². The van der Waals surface area contributed by atoms with Crippen molar-refractivity contribution in [3.63, 3.8) is 0 Å². The van der Waals surface area contributed by atoms with Crippen molar-refractivity contribution in [1.82, 2.24) is 5.32 Å². The molecule has 0 spiro atoms. The van der Waals surface area contributed by atoms with Gasteiger partial charge in [0, 0.05) is 17.6 Å². The van der Waals surface area contributed by atoms with E-state index in [4.69, 9.17) is 4.74 Å². The van der Waals surface area contributed by atoms with Gasteiger partial charge in [-0.2, -0.15) is 0 Å². The van der Waals surface area contributed by atoms with Crippen molar-refractivity contribution in [3.8, 4) is 5.75 Å². The smallest absolute Gasteiger partial charge is 0.165 e. The van der Waals surface area contributed by atoms with Gasteiger partial charge in [0.05, 0.1) is 7.11 Å². The van der Waals surface area contributed by atoms with Gasteiger partial charge in [0.2, 0.25) is 0 Å². The van der Waals surface area contributed by atoms with Crippen LogP contribution in [0.25, 0.3) is 0 Å². The highest BCUT2D eigenvalue weighted by Gasteiger charge is 2.02. The van der Waals surface area contributed by atoms with Crippen LogP contribution in [0.5, 0.6) is 5.75 Å². The summed E-state index contributed by atoms with van der Waals surface area (Å²) in [6.07, 6.45) is 0. The Bertz CT molecular complexity index is 354. The van der Waals surface area contributed by atoms with Crippen molar-refractivity contribution in [3.05, 3.63) is 40.6 Å². The van der Waals surface area contributed by atoms with Gasteiger partial charge in [0.15, 0.2) is 11.6 Å². The Labute approximate surface area is 97.3 Å². The molecule has 0 aliphatic rings. The van der Waals surface area contributed by atoms with Crippen LogP contribution >= 0.6 is 15.9 Å². The van der Waals surface area contributed by atoms with Gasteiger partial charge in [-0.3, -0.25) is 0 Å². The quantitative estimate of drug-likeness (QED) is 0.891. The molecular weight excluding hydrogens is 261 g/mol. The minimum absolute atomic E-state index is 0.267. The number of ether oxygens (including phenoxy) is 1. The van der Waals surface area contributed by atoms with E-state index in [0.717, 1.165) is 10.0 Å². The molecule has 0 saturated carbocycles. The van der Waals surface area contributed by atoms with Crippen molar-refractivity contribution in [2.24, 2.45) is 0 Å². The molecule has 0 unspecified atom stereocenters. The summed E-state index contributed by atoms with van der Waals surface area (Å²) in [6.45, 7) is 4.95. The third-order valence-electron chi connectivity index (χ3n) is 1.86. The van der Waals surface area contributed by atoms with Crippen molar-refractivity contribution in [1.29, 1.82) is 0 Å². The zero-order chi connectivity index (χ0) is 11.3. The molecule has 1 aromatic rings. The Morgan fingerprint density at radius 1 is 1.60 bits per heavy atom. The SMILES string of the molecule is C=C(Br)CNCc1ccc(OC)c(F)c1. The number of nitrogens with one attached hydrogen (secondary N) is 1. The van der Waals surface area contributed by atoms with Crippen molar-refractivity contribution in [2.45, 2.75) is 6.54 Å². The molecule has 1 N–H and O–H groups in total. The highest BCUT2D eigenvalue weighted by Crippen LogP contribution is 2.17. The van der Waals surface area contributed by atoms with Gasteiger partial charge >= 0.3 is 0 Å². The third kappa shape index (κ3) is 4.01. The molecule has 15 heavy (non-hydrogen) atoms. The number of halogens is 2. The number of methoxy groups -OCH3 is 1. The fourth-order valence-electron chi connectivity index (χ4n) is 1.16. The Balaban J connectivity index is 2.55. The Morgan fingerprint density at radius 2 is 2.33 bits per heavy atom. The lowest BCUT2D eigenvalue weighted by atomic mass is 10.2. The number of rotatable bonds is 5. The van der Waals surface area contributed by atoms with Gasteiger partial charge < -0.3 is 10.1 Å². The maximum Gasteiger partial charge on any atom is 0.165 e. The molecule has 1 rings (SSSR count). The van der Waals surface area contributed by atoms with Crippen LogP contribution in [0.4, 0.5) is 4.39 Å². The van der Waals surface area contributed by atoms with Crippen molar-refractivity contribution < 1.29 is 9.13 Å². The molecule has 0 aromatic heterocycles. The van der Waals surface area contributed by atoms with Crippen molar-refractivity contribution in [2.75, 3.05) is 13.7 Å². The van der Waals surface area contributed by atoms with Crippen LogP contribution in [0.3, 0.4) is 0 Å². The summed E-state index contributed by atoms with van der Waals surface area (Å²) in [5.74, 6) is -0.0712. The van der Waals surface area contributed by atoms with E-state index in [1.807, 2.05) is 6.07 Å². The van der Waals surface area contributed by atoms with E-state index in [-0.39, 0.29) is 11.6 Å². The molecule has 0 radical (unpaired) electrons. The van der Waals surface area contributed by atoms with Gasteiger partial charge in [-0.05, 0) is 17.7 Å². The molecule has 1 aromatic carbocycles. The highest BCUT2D eigenvalue weighted by atomic mass is 79.9. The van der Waals surface area contributed by atoms with Crippen LogP contribution in [-0.2, 0) is 6.54 Å². The second-order valence-corrected chi connectivity index (χ2v) is 4.21. The molecule has 0 atom stereocenters. The first kappa shape index (κ1) is 12.2. The van der Waals surface area contributed by atoms with Crippen LogP contribution in [-0.4, -0.2) is 13.7 Å². The maximum absolute atomic E-state index is 13.3. The van der Waals surface area contributed by atoms with Gasteiger partial charge in [-0.1, -0.05) is 28.6 Å². The molecule has 0 saturated heterocycles. The van der Waals surface area contributed by atoms with Gasteiger partial charge in [0.25, 0.3) is 0 Å². The lowest BCUT2D eigenvalue weighted by Gasteiger charge is -2.06. The largest absolute Gasteiger partial charge is 0.494 e. The minimum atomic E-state index is -0.338. The Kier molecular flexibility index (Phi) is 4.78. The third-order valence-corrected chi connectivity index (χ3v) is 2.14. The highest BCUT2D eigenvalue weighted by molar-refractivity contribution is 9.11. The average molecular weight is 274 g/mol. The number of hydrogen-bond acceptors (Lipinski definition) is 2. The van der Waals surface area contributed by atoms with Gasteiger partial charge in [-0.25, -0.2) is 4.39 Å². The number of benzene rings is 1. The second-order valence-electron chi connectivity index (χ2n) is 3.09. The summed E-state index contributed by atoms with van der Waals surface area (Å²) in [6, 6.07) is 4.91. The van der Waals surface area contributed by atoms with Crippen LogP contribution in [0, 0.1) is 5.82 Å². The Hall–Kier alpha value is -0.870. The first-order valence-corrected chi connectivity index (χ1v) is 5.29. The zero-order valence-electron chi connectivity index (χ0n) is 8.52. The van der Waals surface area contributed by atoms with E-state index >= 15 is 0 Å². The molecule has 82 valence electrons. The molecule has 0 heterocycles. The first-order valence-electron chi connectivity index (χ1n) is 4.50. The van der Waals surface area contributed by atoms with E-state index < -0.39 is 0 Å². The maximum atomic E-state index is 13.3. The molecule has 4 heteroatoms. The molecule has 0 aliphatic heterocycles. The summed E-state index contributed by atoms with van der Waals surface area (Å²) < 4.78 is 19.0. The molecule has 0 amide bonds. The standard InChI is InChI=1S/C11H13BrFNO/c1-8(12)6-14-7-9-3-4-11(15-2)10(13)5-9/h3-5,14H,1,6-7H2,2H3. The normalized spacial score (nSPS) is 10.1. The van der Waals surface area contributed by atoms with Crippen LogP contribution in [0.15, 0.2) is 29.3 Å². The summed E-state index contributed by atoms with van der Waals surface area (Å²) in [5.41, 5.74) is 0.877. The summed E-state index contributed by atoms with van der Waals surface area (Å²) >= 11 is 3.23. The van der Waals surface area contributed by atoms with Crippen LogP contribution in [0.1, 0.15) is 5.56 Å². The van der Waals surface area contributed by atoms with Gasteiger partial charge in [0.1, 0.15) is 0 Å². The van der Waals surface area contributed by atoms with E-state index in [0.29, 0.717) is 13.1 Å².